The number of carbonyl (C=O) groups is 4. The van der Waals surface area contributed by atoms with E-state index < -0.39 is 29.9 Å². The molecule has 8 nitrogen and oxygen atoms in total. The number of hydrogen-bond donors (Lipinski definition) is 4. The van der Waals surface area contributed by atoms with Crippen molar-refractivity contribution in [3.63, 3.8) is 0 Å². The number of amides is 3. The monoisotopic (exact) mass is 379 g/mol. The lowest BCUT2D eigenvalue weighted by Crippen LogP contribution is -2.55. The maximum Gasteiger partial charge on any atom is 0.326 e. The van der Waals surface area contributed by atoms with Crippen LogP contribution in [0.1, 0.15) is 51.9 Å². The van der Waals surface area contributed by atoms with Crippen LogP contribution in [-0.4, -0.2) is 40.9 Å². The lowest BCUT2D eigenvalue weighted by Gasteiger charge is -2.53. The van der Waals surface area contributed by atoms with Gasteiger partial charge in [-0.15, -0.1) is 0 Å². The van der Waals surface area contributed by atoms with Gasteiger partial charge in [0, 0.05) is 12.3 Å². The van der Waals surface area contributed by atoms with Gasteiger partial charge in [0.1, 0.15) is 12.1 Å². The van der Waals surface area contributed by atoms with E-state index in [2.05, 4.69) is 10.6 Å². The molecule has 0 spiro atoms. The molecule has 4 saturated carbocycles. The fraction of sp³-hybridized carbons (Fsp3) is 0.789. The second-order valence-electron chi connectivity index (χ2n) is 8.59. The predicted molar refractivity (Wildman–Crippen MR) is 96.1 cm³/mol. The van der Waals surface area contributed by atoms with Gasteiger partial charge in [-0.1, -0.05) is 0 Å². The Labute approximate surface area is 158 Å². The van der Waals surface area contributed by atoms with Crippen LogP contribution in [0.5, 0.6) is 0 Å². The van der Waals surface area contributed by atoms with E-state index in [1.165, 1.54) is 6.42 Å². The van der Waals surface area contributed by atoms with Crippen molar-refractivity contribution in [2.75, 3.05) is 0 Å². The lowest BCUT2D eigenvalue weighted by atomic mass is 9.51. The lowest BCUT2D eigenvalue weighted by molar-refractivity contribution is -0.143. The smallest absolute Gasteiger partial charge is 0.326 e. The summed E-state index contributed by atoms with van der Waals surface area (Å²) in [6, 6.07) is -2.03. The number of carboxylic acids is 1. The average Bonchev–Trinajstić information content (AvgIpc) is 2.56. The molecule has 0 heterocycles. The van der Waals surface area contributed by atoms with E-state index in [1.807, 2.05) is 0 Å². The van der Waals surface area contributed by atoms with Crippen LogP contribution >= 0.6 is 0 Å². The van der Waals surface area contributed by atoms with E-state index in [0.29, 0.717) is 11.8 Å². The largest absolute Gasteiger partial charge is 0.480 e. The molecule has 4 aliphatic rings. The number of carbonyl (C=O) groups excluding carboxylic acids is 3. The topological polar surface area (TPSA) is 139 Å². The number of rotatable bonds is 8. The maximum atomic E-state index is 12.8. The van der Waals surface area contributed by atoms with E-state index in [9.17, 15) is 24.3 Å². The minimum Gasteiger partial charge on any atom is -0.480 e. The predicted octanol–water partition coefficient (Wildman–Crippen LogP) is 0.398. The van der Waals surface area contributed by atoms with Gasteiger partial charge in [-0.3, -0.25) is 14.4 Å². The highest BCUT2D eigenvalue weighted by molar-refractivity contribution is 5.91. The molecule has 0 aromatic rings. The Kier molecular flexibility index (Phi) is 5.72. The van der Waals surface area contributed by atoms with Gasteiger partial charge >= 0.3 is 5.97 Å². The second-order valence-corrected chi connectivity index (χ2v) is 8.59. The molecule has 0 aromatic carbocycles. The summed E-state index contributed by atoms with van der Waals surface area (Å²) in [5, 5.41) is 14.4. The molecule has 4 aliphatic carbocycles. The molecular formula is C19H29N3O5. The first-order chi connectivity index (χ1) is 12.7. The van der Waals surface area contributed by atoms with Crippen LogP contribution in [0, 0.1) is 29.6 Å². The summed E-state index contributed by atoms with van der Waals surface area (Å²) in [6.45, 7) is 1.55. The number of nitrogens with two attached hydrogens (primary N) is 1. The third kappa shape index (κ3) is 4.42. The Balaban J connectivity index is 1.53. The minimum absolute atomic E-state index is 0.0295. The van der Waals surface area contributed by atoms with Crippen molar-refractivity contribution >= 4 is 23.7 Å². The van der Waals surface area contributed by atoms with Crippen molar-refractivity contribution in [1.82, 2.24) is 10.6 Å². The zero-order chi connectivity index (χ0) is 19.7. The van der Waals surface area contributed by atoms with Crippen LogP contribution in [0.25, 0.3) is 0 Å². The normalized spacial score (nSPS) is 33.1. The molecule has 0 aliphatic heterocycles. The van der Waals surface area contributed by atoms with Gasteiger partial charge in [-0.05, 0) is 69.1 Å². The molecule has 2 atom stereocenters. The van der Waals surface area contributed by atoms with Gasteiger partial charge < -0.3 is 21.5 Å². The molecule has 0 saturated heterocycles. The molecule has 5 N–H and O–H groups in total. The summed E-state index contributed by atoms with van der Waals surface area (Å²) in [5.41, 5.74) is 5.04. The molecule has 150 valence electrons. The van der Waals surface area contributed by atoms with Crippen LogP contribution in [0.15, 0.2) is 0 Å². The van der Waals surface area contributed by atoms with Crippen molar-refractivity contribution < 1.29 is 24.3 Å². The van der Waals surface area contributed by atoms with Gasteiger partial charge in [0.05, 0.1) is 0 Å². The minimum atomic E-state index is -1.23. The zero-order valence-corrected chi connectivity index (χ0v) is 15.6. The van der Waals surface area contributed by atoms with Gasteiger partial charge in [0.25, 0.3) is 0 Å². The van der Waals surface area contributed by atoms with Crippen molar-refractivity contribution in [3.05, 3.63) is 0 Å². The van der Waals surface area contributed by atoms with E-state index in [-0.39, 0.29) is 24.7 Å². The van der Waals surface area contributed by atoms with E-state index >= 15 is 0 Å². The maximum absolute atomic E-state index is 12.8. The first-order valence-corrected chi connectivity index (χ1v) is 9.86. The molecular weight excluding hydrogens is 350 g/mol. The van der Waals surface area contributed by atoms with Gasteiger partial charge in [-0.2, -0.15) is 0 Å². The highest BCUT2D eigenvalue weighted by Crippen LogP contribution is 2.56. The Morgan fingerprint density at radius 2 is 1.56 bits per heavy atom. The van der Waals surface area contributed by atoms with Gasteiger partial charge in [0.2, 0.25) is 17.7 Å². The van der Waals surface area contributed by atoms with Crippen molar-refractivity contribution in [2.24, 2.45) is 35.3 Å². The molecule has 0 aromatic heterocycles. The summed E-state index contributed by atoms with van der Waals surface area (Å²) >= 11 is 0. The summed E-state index contributed by atoms with van der Waals surface area (Å²) in [4.78, 5) is 47.2. The summed E-state index contributed by atoms with van der Waals surface area (Å²) in [5.74, 6) is -0.184. The fourth-order valence-corrected chi connectivity index (χ4v) is 5.57. The molecule has 4 rings (SSSR count). The Hall–Kier alpha value is -2.12. The van der Waals surface area contributed by atoms with Crippen LogP contribution in [0.3, 0.4) is 0 Å². The number of aliphatic carboxylic acids is 1. The number of primary amides is 1. The van der Waals surface area contributed by atoms with Gasteiger partial charge in [-0.25, -0.2) is 4.79 Å². The molecule has 0 unspecified atom stereocenters. The molecule has 8 heteroatoms. The number of carboxylic acid groups (broad SMARTS) is 1. The molecule has 4 bridgehead atoms. The second kappa shape index (κ2) is 7.86. The molecule has 3 amide bonds. The first-order valence-electron chi connectivity index (χ1n) is 9.86. The SMILES string of the molecule is C[C@@H](NC(=O)C1C2CC3CC(C2)CC1C3)C(=O)N[C@H](CCC(N)=O)C(=O)O. The van der Waals surface area contributed by atoms with Crippen LogP contribution in [-0.2, 0) is 19.2 Å². The fourth-order valence-electron chi connectivity index (χ4n) is 5.57. The van der Waals surface area contributed by atoms with Crippen molar-refractivity contribution in [3.8, 4) is 0 Å². The number of nitrogens with one attached hydrogen (secondary N) is 2. The van der Waals surface area contributed by atoms with Gasteiger partial charge in [0.15, 0.2) is 0 Å². The summed E-state index contributed by atoms with van der Waals surface area (Å²) in [7, 11) is 0. The molecule has 4 fully saturated rings. The van der Waals surface area contributed by atoms with Crippen molar-refractivity contribution in [1.29, 1.82) is 0 Å². The molecule has 27 heavy (non-hydrogen) atoms. The Morgan fingerprint density at radius 3 is 2.04 bits per heavy atom. The third-order valence-corrected chi connectivity index (χ3v) is 6.58. The Bertz CT molecular complexity index is 607. The highest BCUT2D eigenvalue weighted by Gasteiger charge is 2.50. The zero-order valence-electron chi connectivity index (χ0n) is 15.6. The summed E-state index contributed by atoms with van der Waals surface area (Å²) in [6.07, 6.45) is 5.54. The van der Waals surface area contributed by atoms with E-state index in [4.69, 9.17) is 5.73 Å². The summed E-state index contributed by atoms with van der Waals surface area (Å²) < 4.78 is 0. The quantitative estimate of drug-likeness (QED) is 0.483. The van der Waals surface area contributed by atoms with E-state index in [1.54, 1.807) is 6.92 Å². The average molecular weight is 379 g/mol. The third-order valence-electron chi connectivity index (χ3n) is 6.58. The Morgan fingerprint density at radius 1 is 1.00 bits per heavy atom. The first kappa shape index (κ1) is 19.6. The van der Waals surface area contributed by atoms with E-state index in [0.717, 1.165) is 37.5 Å². The van der Waals surface area contributed by atoms with Crippen LogP contribution in [0.4, 0.5) is 0 Å². The highest BCUT2D eigenvalue weighted by atomic mass is 16.4. The van der Waals surface area contributed by atoms with Crippen LogP contribution < -0.4 is 16.4 Å². The standard InChI is InChI=1S/C19H29N3O5/c1-9(17(24)22-14(19(26)27)2-3-15(20)23)21-18(25)16-12-5-10-4-11(7-12)8-13(16)6-10/h9-14,16H,2-8H2,1H3,(H2,20,23)(H,21,25)(H,22,24)(H,26,27)/t9-,10?,11?,12?,13?,14-,16?/m1/s1. The molecule has 0 radical (unpaired) electrons. The van der Waals surface area contributed by atoms with Crippen LogP contribution in [0.2, 0.25) is 0 Å². The van der Waals surface area contributed by atoms with Crippen molar-refractivity contribution in [2.45, 2.75) is 64.0 Å². The number of hydrogen-bond acceptors (Lipinski definition) is 4.